The number of nitrogens with two attached hydrogens (primary N) is 1. The van der Waals surface area contributed by atoms with E-state index < -0.39 is 11.7 Å². The summed E-state index contributed by atoms with van der Waals surface area (Å²) in [5.41, 5.74) is 6.20. The van der Waals surface area contributed by atoms with Crippen LogP contribution in [0, 0.1) is 11.8 Å². The molecule has 2 aliphatic heterocycles. The molecule has 0 unspecified atom stereocenters. The molecular weight excluding hydrogens is 472 g/mol. The van der Waals surface area contributed by atoms with Crippen molar-refractivity contribution in [2.24, 2.45) is 17.6 Å². The number of hydrogen-bond acceptors (Lipinski definition) is 10. The average molecular weight is 504 g/mol. The fourth-order valence-corrected chi connectivity index (χ4v) is 4.32. The normalized spacial score (nSPS) is 21.8. The van der Waals surface area contributed by atoms with Crippen molar-refractivity contribution in [1.29, 1.82) is 0 Å². The first-order valence-electron chi connectivity index (χ1n) is 11.9. The molecule has 2 fully saturated rings. The van der Waals surface area contributed by atoms with Crippen molar-refractivity contribution in [3.8, 4) is 5.75 Å². The zero-order valence-electron chi connectivity index (χ0n) is 20.0. The fraction of sp³-hybridized carbons (Fsp3) is 0.500. The van der Waals surface area contributed by atoms with Crippen LogP contribution in [-0.2, 0) is 6.61 Å². The predicted octanol–water partition coefficient (Wildman–Crippen LogP) is 2.69. The van der Waals surface area contributed by atoms with Gasteiger partial charge in [0.1, 0.15) is 18.3 Å². The van der Waals surface area contributed by atoms with E-state index in [1.807, 2.05) is 9.80 Å². The van der Waals surface area contributed by atoms with Gasteiger partial charge in [-0.05, 0) is 42.9 Å². The molecule has 4 rings (SSSR count). The smallest absolute Gasteiger partial charge is 0.324 e. The van der Waals surface area contributed by atoms with Crippen molar-refractivity contribution in [2.45, 2.75) is 31.9 Å². The number of halogens is 2. The van der Waals surface area contributed by atoms with Gasteiger partial charge in [-0.25, -0.2) is 18.7 Å². The van der Waals surface area contributed by atoms with Crippen LogP contribution in [0.4, 0.5) is 20.7 Å². The van der Waals surface area contributed by atoms with Crippen LogP contribution >= 0.6 is 0 Å². The molecule has 0 bridgehead atoms. The topological polar surface area (TPSA) is 127 Å². The molecule has 4 heterocycles. The number of rotatable bonds is 10. The van der Waals surface area contributed by atoms with Crippen molar-refractivity contribution in [3.63, 3.8) is 0 Å². The van der Waals surface area contributed by atoms with Crippen LogP contribution in [-0.4, -0.2) is 64.0 Å². The molecular formula is C24H31F2N7O3. The van der Waals surface area contributed by atoms with Gasteiger partial charge in [0.15, 0.2) is 11.6 Å². The van der Waals surface area contributed by atoms with Crippen molar-refractivity contribution in [2.75, 3.05) is 42.6 Å². The molecule has 3 N–H and O–H groups in total. The van der Waals surface area contributed by atoms with Crippen LogP contribution < -0.4 is 20.3 Å². The van der Waals surface area contributed by atoms with Gasteiger partial charge in [-0.15, -0.1) is 0 Å². The first kappa shape index (κ1) is 25.7. The molecule has 2 saturated heterocycles. The number of piperidine rings is 1. The molecule has 0 radical (unpaired) electrons. The minimum Gasteiger partial charge on any atom is -0.490 e. The fourth-order valence-electron chi connectivity index (χ4n) is 4.32. The van der Waals surface area contributed by atoms with Gasteiger partial charge >= 0.3 is 6.01 Å². The maximum absolute atomic E-state index is 14.1. The number of aromatic nitrogens is 4. The third-order valence-electron chi connectivity index (χ3n) is 6.43. The molecule has 10 nitrogen and oxygen atoms in total. The molecule has 2 aromatic rings. The summed E-state index contributed by atoms with van der Waals surface area (Å²) < 4.78 is 38.3. The SMILES string of the molecule is C=C/C(F)=C\C=C(\F)C[C@H]1CN(c2ncc(OCC3CCN(c4nc(CO)no4)CC3)cn2)C[C@@H]1N. The maximum Gasteiger partial charge on any atom is 0.324 e. The van der Waals surface area contributed by atoms with E-state index in [4.69, 9.17) is 20.1 Å². The third kappa shape index (κ3) is 6.64. The highest BCUT2D eigenvalue weighted by Gasteiger charge is 2.32. The minimum atomic E-state index is -0.593. The second kappa shape index (κ2) is 12.0. The number of ether oxygens (including phenoxy) is 1. The molecule has 2 aliphatic rings. The maximum atomic E-state index is 14.1. The highest BCUT2D eigenvalue weighted by atomic mass is 19.1. The summed E-state index contributed by atoms with van der Waals surface area (Å²) in [4.78, 5) is 16.9. The lowest BCUT2D eigenvalue weighted by Gasteiger charge is -2.30. The number of aliphatic hydroxyl groups excluding tert-OH is 1. The Morgan fingerprint density at radius 1 is 1.19 bits per heavy atom. The second-order valence-electron chi connectivity index (χ2n) is 9.01. The minimum absolute atomic E-state index is 0.119. The molecule has 0 aliphatic carbocycles. The lowest BCUT2D eigenvalue weighted by molar-refractivity contribution is 0.218. The highest BCUT2D eigenvalue weighted by Crippen LogP contribution is 2.27. The Morgan fingerprint density at radius 3 is 2.61 bits per heavy atom. The predicted molar refractivity (Wildman–Crippen MR) is 130 cm³/mol. The summed E-state index contributed by atoms with van der Waals surface area (Å²) in [6.45, 7) is 6.15. The van der Waals surface area contributed by atoms with E-state index in [1.54, 1.807) is 12.4 Å². The first-order valence-corrected chi connectivity index (χ1v) is 11.9. The lowest BCUT2D eigenvalue weighted by Crippen LogP contribution is -2.35. The lowest BCUT2D eigenvalue weighted by atomic mass is 9.98. The van der Waals surface area contributed by atoms with Crippen LogP contribution in [0.3, 0.4) is 0 Å². The van der Waals surface area contributed by atoms with E-state index in [0.717, 1.165) is 44.2 Å². The van der Waals surface area contributed by atoms with E-state index in [0.29, 0.717) is 43.3 Å². The molecule has 194 valence electrons. The van der Waals surface area contributed by atoms with Crippen LogP contribution in [0.1, 0.15) is 25.1 Å². The number of allylic oxidation sites excluding steroid dienone is 5. The summed E-state index contributed by atoms with van der Waals surface area (Å²) >= 11 is 0. The van der Waals surface area contributed by atoms with Gasteiger partial charge in [0.2, 0.25) is 5.95 Å². The third-order valence-corrected chi connectivity index (χ3v) is 6.43. The van der Waals surface area contributed by atoms with Gasteiger partial charge in [-0.1, -0.05) is 11.7 Å². The van der Waals surface area contributed by atoms with E-state index in [1.165, 1.54) is 0 Å². The zero-order valence-corrected chi connectivity index (χ0v) is 20.0. The Labute approximate surface area is 208 Å². The molecule has 36 heavy (non-hydrogen) atoms. The van der Waals surface area contributed by atoms with Gasteiger partial charge in [-0.2, -0.15) is 4.98 Å². The Kier molecular flexibility index (Phi) is 8.60. The Bertz CT molecular complexity index is 1070. The quantitative estimate of drug-likeness (QED) is 0.467. The van der Waals surface area contributed by atoms with Crippen LogP contribution in [0.2, 0.25) is 0 Å². The number of aliphatic hydroxyl groups is 1. The Morgan fingerprint density at radius 2 is 1.94 bits per heavy atom. The van der Waals surface area contributed by atoms with Gasteiger partial charge < -0.3 is 29.9 Å². The monoisotopic (exact) mass is 503 g/mol. The van der Waals surface area contributed by atoms with Gasteiger partial charge in [0, 0.05) is 38.6 Å². The number of anilines is 2. The summed E-state index contributed by atoms with van der Waals surface area (Å²) in [7, 11) is 0. The first-order chi connectivity index (χ1) is 17.4. The van der Waals surface area contributed by atoms with Crippen molar-refractivity contribution in [1.82, 2.24) is 20.1 Å². The Balaban J connectivity index is 1.22. The van der Waals surface area contributed by atoms with E-state index in [2.05, 4.69) is 26.7 Å². The molecule has 12 heteroatoms. The Hall–Kier alpha value is -3.38. The van der Waals surface area contributed by atoms with E-state index in [9.17, 15) is 8.78 Å². The van der Waals surface area contributed by atoms with Crippen molar-refractivity contribution < 1.29 is 23.1 Å². The van der Waals surface area contributed by atoms with Crippen LogP contribution in [0.15, 0.2) is 53.4 Å². The molecule has 0 saturated carbocycles. The molecule has 2 aromatic heterocycles. The number of hydrogen-bond donors (Lipinski definition) is 2. The van der Waals surface area contributed by atoms with E-state index in [-0.39, 0.29) is 30.8 Å². The number of nitrogens with zero attached hydrogens (tertiary/aromatic N) is 6. The molecule has 2 atom stereocenters. The van der Waals surface area contributed by atoms with E-state index >= 15 is 0 Å². The zero-order chi connectivity index (χ0) is 25.5. The van der Waals surface area contributed by atoms with Crippen LogP contribution in [0.5, 0.6) is 5.75 Å². The second-order valence-corrected chi connectivity index (χ2v) is 9.01. The van der Waals surface area contributed by atoms with Gasteiger partial charge in [0.25, 0.3) is 0 Å². The summed E-state index contributed by atoms with van der Waals surface area (Å²) in [6, 6.07) is 0.189. The average Bonchev–Trinajstić information content (AvgIpc) is 3.53. The van der Waals surface area contributed by atoms with Crippen LogP contribution in [0.25, 0.3) is 0 Å². The standard InChI is InChI=1S/C24H31F2N7O3/c1-2-18(25)3-4-19(26)9-17-12-33(13-21(17)27)23-28-10-20(11-29-23)35-15-16-5-7-32(8-6-16)24-30-22(14-34)31-36-24/h2-4,10-11,16-17,21,34H,1,5-9,12-15,27H2/b18-3+,19-4+/t17-,21-/m0/s1. The van der Waals surface area contributed by atoms with Crippen molar-refractivity contribution >= 4 is 12.0 Å². The van der Waals surface area contributed by atoms with Crippen molar-refractivity contribution in [3.05, 3.63) is 54.7 Å². The largest absolute Gasteiger partial charge is 0.490 e. The van der Waals surface area contributed by atoms with Gasteiger partial charge in [0.05, 0.1) is 19.0 Å². The summed E-state index contributed by atoms with van der Waals surface area (Å²) in [6.07, 6.45) is 8.38. The molecule has 0 aromatic carbocycles. The van der Waals surface area contributed by atoms with Gasteiger partial charge in [-0.3, -0.25) is 0 Å². The summed E-state index contributed by atoms with van der Waals surface area (Å²) in [5.74, 6) is 0.586. The molecule has 0 amide bonds. The highest BCUT2D eigenvalue weighted by molar-refractivity contribution is 5.34. The molecule has 0 spiro atoms. The summed E-state index contributed by atoms with van der Waals surface area (Å²) in [5, 5.41) is 12.8.